The van der Waals surface area contributed by atoms with Gasteiger partial charge in [0.2, 0.25) is 0 Å². The fraction of sp³-hybridized carbons (Fsp3) is 0.160. The van der Waals surface area contributed by atoms with Gasteiger partial charge in [0.05, 0.1) is 5.56 Å². The minimum absolute atomic E-state index is 0.00289. The van der Waals surface area contributed by atoms with E-state index in [4.69, 9.17) is 4.74 Å². The third-order valence-corrected chi connectivity index (χ3v) is 5.27. The number of carbonyl (C=O) groups excluding carboxylic acids is 1. The van der Waals surface area contributed by atoms with Crippen molar-refractivity contribution in [2.45, 2.75) is 19.1 Å². The third kappa shape index (κ3) is 3.61. The van der Waals surface area contributed by atoms with Gasteiger partial charge in [-0.3, -0.25) is 4.79 Å². The van der Waals surface area contributed by atoms with Gasteiger partial charge >= 0.3 is 0 Å². The lowest BCUT2D eigenvalue weighted by Gasteiger charge is -2.47. The van der Waals surface area contributed by atoms with Crippen molar-refractivity contribution in [3.8, 4) is 5.75 Å². The summed E-state index contributed by atoms with van der Waals surface area (Å²) >= 11 is 0. The molecule has 29 heavy (non-hydrogen) atoms. The Bertz CT molecular complexity index is 1030. The van der Waals surface area contributed by atoms with Crippen LogP contribution in [0.15, 0.2) is 91.5 Å². The molecule has 4 nitrogen and oxygen atoms in total. The summed E-state index contributed by atoms with van der Waals surface area (Å²) < 4.78 is 5.73. The molecule has 0 spiro atoms. The monoisotopic (exact) mass is 384 g/mol. The molecule has 1 amide bonds. The standard InChI is InChI=1S/C25H24N2O2/c1-3-16-29-21-13-9-12-20(17-21)25(2)26-23-15-8-7-14-22(23)24(28)27(25)18-19-10-5-4-6-11-19/h3-15,17,26H,1,16,18H2,2H3. The molecule has 1 heterocycles. The maximum absolute atomic E-state index is 13.5. The van der Waals surface area contributed by atoms with Gasteiger partial charge in [-0.05, 0) is 36.8 Å². The third-order valence-electron chi connectivity index (χ3n) is 5.27. The minimum atomic E-state index is -0.727. The van der Waals surface area contributed by atoms with Crippen LogP contribution in [-0.2, 0) is 12.2 Å². The quantitative estimate of drug-likeness (QED) is 0.595. The maximum atomic E-state index is 13.5. The molecule has 1 aliphatic heterocycles. The van der Waals surface area contributed by atoms with Crippen molar-refractivity contribution in [3.05, 3.63) is 108 Å². The van der Waals surface area contributed by atoms with Crippen LogP contribution in [-0.4, -0.2) is 17.4 Å². The molecule has 4 heteroatoms. The van der Waals surface area contributed by atoms with Gasteiger partial charge in [0, 0.05) is 17.8 Å². The molecule has 0 saturated heterocycles. The van der Waals surface area contributed by atoms with Gasteiger partial charge in [-0.2, -0.15) is 0 Å². The number of para-hydroxylation sites is 1. The zero-order chi connectivity index (χ0) is 20.3. The Kier molecular flexibility index (Phi) is 5.09. The second kappa shape index (κ2) is 7.84. The van der Waals surface area contributed by atoms with Crippen LogP contribution in [0.3, 0.4) is 0 Å². The van der Waals surface area contributed by atoms with Crippen molar-refractivity contribution in [3.63, 3.8) is 0 Å². The van der Waals surface area contributed by atoms with Gasteiger partial charge in [0.15, 0.2) is 0 Å². The second-order valence-corrected chi connectivity index (χ2v) is 7.25. The van der Waals surface area contributed by atoms with Crippen molar-refractivity contribution in [1.29, 1.82) is 0 Å². The van der Waals surface area contributed by atoms with Gasteiger partial charge in [0.1, 0.15) is 18.0 Å². The van der Waals surface area contributed by atoms with Gasteiger partial charge in [-0.15, -0.1) is 0 Å². The molecule has 0 aromatic heterocycles. The Labute approximate surface area is 171 Å². The van der Waals surface area contributed by atoms with E-state index in [2.05, 4.69) is 11.9 Å². The van der Waals surface area contributed by atoms with Crippen LogP contribution in [0, 0.1) is 0 Å². The Morgan fingerprint density at radius 3 is 2.59 bits per heavy atom. The molecule has 0 fully saturated rings. The molecular weight excluding hydrogens is 360 g/mol. The van der Waals surface area contributed by atoms with Crippen molar-refractivity contribution in [2.75, 3.05) is 11.9 Å². The molecule has 1 N–H and O–H groups in total. The van der Waals surface area contributed by atoms with E-state index in [0.717, 1.165) is 22.6 Å². The summed E-state index contributed by atoms with van der Waals surface area (Å²) in [5, 5.41) is 3.60. The fourth-order valence-electron chi connectivity index (χ4n) is 3.72. The van der Waals surface area contributed by atoms with E-state index < -0.39 is 5.66 Å². The van der Waals surface area contributed by atoms with E-state index in [1.54, 1.807) is 6.08 Å². The topological polar surface area (TPSA) is 41.6 Å². The first-order valence-corrected chi connectivity index (χ1v) is 9.69. The van der Waals surface area contributed by atoms with Crippen LogP contribution in [0.2, 0.25) is 0 Å². The molecule has 1 atom stereocenters. The number of ether oxygens (including phenoxy) is 1. The van der Waals surface area contributed by atoms with E-state index in [1.165, 1.54) is 0 Å². The number of nitrogens with zero attached hydrogens (tertiary/aromatic N) is 1. The molecule has 0 radical (unpaired) electrons. The number of carbonyl (C=O) groups is 1. The number of anilines is 1. The number of nitrogens with one attached hydrogen (secondary N) is 1. The first kappa shape index (κ1) is 18.8. The second-order valence-electron chi connectivity index (χ2n) is 7.25. The summed E-state index contributed by atoms with van der Waals surface area (Å²) in [5.74, 6) is 0.750. The number of hydrogen-bond acceptors (Lipinski definition) is 3. The smallest absolute Gasteiger partial charge is 0.258 e. The largest absolute Gasteiger partial charge is 0.490 e. The normalized spacial score (nSPS) is 18.0. The van der Waals surface area contributed by atoms with E-state index in [0.29, 0.717) is 18.7 Å². The molecule has 0 aliphatic carbocycles. The average Bonchev–Trinajstić information content (AvgIpc) is 2.76. The zero-order valence-electron chi connectivity index (χ0n) is 16.5. The highest BCUT2D eigenvalue weighted by Crippen LogP contribution is 2.39. The zero-order valence-corrected chi connectivity index (χ0v) is 16.5. The first-order valence-electron chi connectivity index (χ1n) is 9.69. The van der Waals surface area contributed by atoms with Crippen molar-refractivity contribution >= 4 is 11.6 Å². The molecule has 0 bridgehead atoms. The van der Waals surface area contributed by atoms with E-state index in [9.17, 15) is 4.79 Å². The number of benzene rings is 3. The summed E-state index contributed by atoms with van der Waals surface area (Å²) in [6.07, 6.45) is 1.72. The fourth-order valence-corrected chi connectivity index (χ4v) is 3.72. The van der Waals surface area contributed by atoms with Crippen LogP contribution in [0.1, 0.15) is 28.4 Å². The Morgan fingerprint density at radius 2 is 1.79 bits per heavy atom. The van der Waals surface area contributed by atoms with Crippen molar-refractivity contribution in [2.24, 2.45) is 0 Å². The van der Waals surface area contributed by atoms with Gasteiger partial charge in [-0.25, -0.2) is 0 Å². The number of fused-ring (bicyclic) bond motifs is 1. The van der Waals surface area contributed by atoms with Gasteiger partial charge in [-0.1, -0.05) is 67.3 Å². The number of amides is 1. The highest BCUT2D eigenvalue weighted by Gasteiger charge is 2.42. The molecule has 1 unspecified atom stereocenters. The number of rotatable bonds is 6. The summed E-state index contributed by atoms with van der Waals surface area (Å²) in [5.41, 5.74) is 2.82. The first-order chi connectivity index (χ1) is 14.1. The van der Waals surface area contributed by atoms with Gasteiger partial charge in [0.25, 0.3) is 5.91 Å². The lowest BCUT2D eigenvalue weighted by Crippen LogP contribution is -2.55. The molecule has 3 aromatic rings. The highest BCUT2D eigenvalue weighted by atomic mass is 16.5. The van der Waals surface area contributed by atoms with E-state index in [-0.39, 0.29) is 5.91 Å². The predicted molar refractivity (Wildman–Crippen MR) is 116 cm³/mol. The Balaban J connectivity index is 1.79. The summed E-state index contributed by atoms with van der Waals surface area (Å²) in [4.78, 5) is 15.4. The SMILES string of the molecule is C=CCOc1cccc(C2(C)Nc3ccccc3C(=O)N2Cc2ccccc2)c1. The van der Waals surface area contributed by atoms with Gasteiger partial charge < -0.3 is 15.0 Å². The Hall–Kier alpha value is -3.53. The molecule has 3 aromatic carbocycles. The average molecular weight is 384 g/mol. The maximum Gasteiger partial charge on any atom is 0.258 e. The lowest BCUT2D eigenvalue weighted by atomic mass is 9.92. The van der Waals surface area contributed by atoms with Crippen molar-refractivity contribution in [1.82, 2.24) is 4.90 Å². The minimum Gasteiger partial charge on any atom is -0.490 e. The van der Waals surface area contributed by atoms with E-state index in [1.807, 2.05) is 90.7 Å². The highest BCUT2D eigenvalue weighted by molar-refractivity contribution is 6.02. The van der Waals surface area contributed by atoms with Crippen LogP contribution in [0.4, 0.5) is 5.69 Å². The molecule has 4 rings (SSSR count). The molecular formula is C25H24N2O2. The van der Waals surface area contributed by atoms with Crippen LogP contribution < -0.4 is 10.1 Å². The lowest BCUT2D eigenvalue weighted by molar-refractivity contribution is 0.0508. The van der Waals surface area contributed by atoms with Crippen LogP contribution >= 0.6 is 0 Å². The molecule has 0 saturated carbocycles. The number of hydrogen-bond donors (Lipinski definition) is 1. The van der Waals surface area contributed by atoms with Crippen LogP contribution in [0.25, 0.3) is 0 Å². The molecule has 1 aliphatic rings. The summed E-state index contributed by atoms with van der Waals surface area (Å²) in [7, 11) is 0. The summed E-state index contributed by atoms with van der Waals surface area (Å²) in [6, 6.07) is 25.6. The van der Waals surface area contributed by atoms with Crippen LogP contribution in [0.5, 0.6) is 5.75 Å². The van der Waals surface area contributed by atoms with Crippen molar-refractivity contribution < 1.29 is 9.53 Å². The van der Waals surface area contributed by atoms with E-state index >= 15 is 0 Å². The molecule has 146 valence electrons. The predicted octanol–water partition coefficient (Wildman–Crippen LogP) is 5.19. The summed E-state index contributed by atoms with van der Waals surface area (Å²) in [6.45, 7) is 6.67. The Morgan fingerprint density at radius 1 is 1.03 bits per heavy atom.